The van der Waals surface area contributed by atoms with E-state index in [2.05, 4.69) is 10.3 Å². The highest BCUT2D eigenvalue weighted by Gasteiger charge is 2.12. The molecule has 0 aliphatic carbocycles. The number of carbonyl (C=O) groups excluding carboxylic acids is 1. The van der Waals surface area contributed by atoms with E-state index >= 15 is 0 Å². The summed E-state index contributed by atoms with van der Waals surface area (Å²) >= 11 is 0. The molecular weight excluding hydrogens is 206 g/mol. The summed E-state index contributed by atoms with van der Waals surface area (Å²) in [6.07, 6.45) is -0.449. The smallest absolute Gasteiger partial charge is 0.228 e. The third kappa shape index (κ3) is 2.95. The van der Waals surface area contributed by atoms with E-state index in [0.717, 1.165) is 6.07 Å². The van der Waals surface area contributed by atoms with Gasteiger partial charge in [-0.2, -0.15) is 13.8 Å². The van der Waals surface area contributed by atoms with Crippen molar-refractivity contribution in [1.29, 1.82) is 0 Å². The van der Waals surface area contributed by atoms with Crippen molar-refractivity contribution in [2.24, 2.45) is 0 Å². The third-order valence-electron chi connectivity index (χ3n) is 1.69. The number of hydrogen-bond acceptors (Lipinski definition) is 4. The topological polar surface area (TPSA) is 62.2 Å². The number of nitrogens with one attached hydrogen (secondary N) is 1. The van der Waals surface area contributed by atoms with Gasteiger partial charge in [-0.15, -0.1) is 0 Å². The van der Waals surface area contributed by atoms with Crippen LogP contribution in [0.25, 0.3) is 0 Å². The van der Waals surface area contributed by atoms with Crippen molar-refractivity contribution in [3.05, 3.63) is 23.5 Å². The van der Waals surface area contributed by atoms with Crippen molar-refractivity contribution in [3.8, 4) is 0 Å². The second-order valence-electron chi connectivity index (χ2n) is 3.04. The minimum absolute atomic E-state index is 0.0177. The molecule has 15 heavy (non-hydrogen) atoms. The number of hydrogen-bond donors (Lipinski definition) is 2. The number of aromatic nitrogens is 1. The van der Waals surface area contributed by atoms with Crippen LogP contribution in [-0.2, 0) is 0 Å². The molecule has 0 spiro atoms. The van der Waals surface area contributed by atoms with E-state index in [1.165, 1.54) is 6.92 Å². The number of carbonyl (C=O) groups is 1. The van der Waals surface area contributed by atoms with Crippen LogP contribution < -0.4 is 5.32 Å². The number of aldehydes is 1. The summed E-state index contributed by atoms with van der Waals surface area (Å²) < 4.78 is 25.7. The number of aliphatic hydroxyl groups excluding tert-OH is 1. The van der Waals surface area contributed by atoms with Gasteiger partial charge in [-0.05, 0) is 6.92 Å². The summed E-state index contributed by atoms with van der Waals surface area (Å²) in [6, 6.07) is 0.898. The molecule has 1 rings (SSSR count). The van der Waals surface area contributed by atoms with Crippen molar-refractivity contribution in [2.45, 2.75) is 13.0 Å². The van der Waals surface area contributed by atoms with Crippen LogP contribution in [0.3, 0.4) is 0 Å². The Balaban J connectivity index is 2.98. The third-order valence-corrected chi connectivity index (χ3v) is 1.69. The molecule has 1 aromatic rings. The van der Waals surface area contributed by atoms with Crippen LogP contribution in [0.4, 0.5) is 14.5 Å². The van der Waals surface area contributed by atoms with Gasteiger partial charge in [-0.3, -0.25) is 4.79 Å². The SMILES string of the molecule is CC(O)CNc1cc(F)nc(F)c1C=O. The molecule has 0 bridgehead atoms. The van der Waals surface area contributed by atoms with Gasteiger partial charge < -0.3 is 10.4 Å². The first kappa shape index (κ1) is 11.5. The molecule has 0 aliphatic rings. The average molecular weight is 216 g/mol. The predicted molar refractivity (Wildman–Crippen MR) is 49.7 cm³/mol. The first-order valence-corrected chi connectivity index (χ1v) is 4.27. The molecule has 0 aliphatic heterocycles. The van der Waals surface area contributed by atoms with E-state index in [0.29, 0.717) is 0 Å². The van der Waals surface area contributed by atoms with Crippen molar-refractivity contribution in [2.75, 3.05) is 11.9 Å². The van der Waals surface area contributed by atoms with E-state index in [1.54, 1.807) is 0 Å². The largest absolute Gasteiger partial charge is 0.392 e. The highest BCUT2D eigenvalue weighted by Crippen LogP contribution is 2.16. The van der Waals surface area contributed by atoms with Crippen molar-refractivity contribution < 1.29 is 18.7 Å². The van der Waals surface area contributed by atoms with E-state index in [1.807, 2.05) is 0 Å². The molecule has 0 aromatic carbocycles. The number of anilines is 1. The molecule has 0 saturated heterocycles. The van der Waals surface area contributed by atoms with Gasteiger partial charge in [0.2, 0.25) is 11.9 Å². The molecule has 2 N–H and O–H groups in total. The Hall–Kier alpha value is -1.56. The van der Waals surface area contributed by atoms with Gasteiger partial charge in [0.05, 0.1) is 17.4 Å². The van der Waals surface area contributed by atoms with Crippen LogP contribution in [0.5, 0.6) is 0 Å². The Kier molecular flexibility index (Phi) is 3.68. The zero-order valence-corrected chi connectivity index (χ0v) is 8.00. The molecule has 4 nitrogen and oxygen atoms in total. The fourth-order valence-electron chi connectivity index (χ4n) is 1.01. The number of rotatable bonds is 4. The molecule has 1 unspecified atom stereocenters. The molecule has 0 amide bonds. The van der Waals surface area contributed by atoms with Crippen molar-refractivity contribution >= 4 is 12.0 Å². The van der Waals surface area contributed by atoms with Crippen LogP contribution in [0, 0.1) is 11.9 Å². The van der Waals surface area contributed by atoms with E-state index < -0.39 is 18.0 Å². The number of pyridine rings is 1. The fourth-order valence-corrected chi connectivity index (χ4v) is 1.01. The quantitative estimate of drug-likeness (QED) is 0.581. The maximum Gasteiger partial charge on any atom is 0.228 e. The molecule has 1 atom stereocenters. The number of nitrogens with zero attached hydrogens (tertiary/aromatic N) is 1. The Labute approximate surface area is 84.9 Å². The van der Waals surface area contributed by atoms with Gasteiger partial charge >= 0.3 is 0 Å². The molecular formula is C9H10F2N2O2. The van der Waals surface area contributed by atoms with Gasteiger partial charge in [0.25, 0.3) is 0 Å². The average Bonchev–Trinajstić information content (AvgIpc) is 2.13. The number of halogens is 2. The van der Waals surface area contributed by atoms with Crippen LogP contribution in [0.15, 0.2) is 6.07 Å². The Morgan fingerprint density at radius 2 is 2.33 bits per heavy atom. The Morgan fingerprint density at radius 3 is 2.87 bits per heavy atom. The molecule has 0 fully saturated rings. The summed E-state index contributed by atoms with van der Waals surface area (Å²) in [4.78, 5) is 13.4. The van der Waals surface area contributed by atoms with Crippen LogP contribution in [0.2, 0.25) is 0 Å². The first-order valence-electron chi connectivity index (χ1n) is 4.27. The van der Waals surface area contributed by atoms with Gasteiger partial charge in [-0.1, -0.05) is 0 Å². The van der Waals surface area contributed by atoms with E-state index in [-0.39, 0.29) is 24.1 Å². The van der Waals surface area contributed by atoms with Gasteiger partial charge in [-0.25, -0.2) is 0 Å². The van der Waals surface area contributed by atoms with Gasteiger partial charge in [0.1, 0.15) is 0 Å². The lowest BCUT2D eigenvalue weighted by Gasteiger charge is -2.10. The normalized spacial score (nSPS) is 12.3. The second kappa shape index (κ2) is 4.79. The minimum atomic E-state index is -1.17. The molecule has 1 heterocycles. The summed E-state index contributed by atoms with van der Waals surface area (Å²) in [6.45, 7) is 1.59. The van der Waals surface area contributed by atoms with Crippen LogP contribution in [-0.4, -0.2) is 29.0 Å². The summed E-state index contributed by atoms with van der Waals surface area (Å²) in [5.41, 5.74) is -0.368. The lowest BCUT2D eigenvalue weighted by molar-refractivity contribution is 0.111. The summed E-state index contributed by atoms with van der Waals surface area (Å²) in [5, 5.41) is 11.5. The maximum atomic E-state index is 13.0. The molecule has 6 heteroatoms. The van der Waals surface area contributed by atoms with E-state index in [4.69, 9.17) is 5.11 Å². The lowest BCUT2D eigenvalue weighted by atomic mass is 10.2. The van der Waals surface area contributed by atoms with Crippen LogP contribution in [0.1, 0.15) is 17.3 Å². The second-order valence-corrected chi connectivity index (χ2v) is 3.04. The minimum Gasteiger partial charge on any atom is -0.392 e. The standard InChI is InChI=1S/C9H10F2N2O2/c1-5(15)3-12-7-2-8(10)13-9(11)6(7)4-14/h2,4-5,15H,3H2,1H3,(H,12,13). The first-order chi connectivity index (χ1) is 7.04. The van der Waals surface area contributed by atoms with E-state index in [9.17, 15) is 13.6 Å². The predicted octanol–water partition coefficient (Wildman–Crippen LogP) is 0.965. The molecule has 0 radical (unpaired) electrons. The highest BCUT2D eigenvalue weighted by atomic mass is 19.1. The molecule has 0 saturated carbocycles. The molecule has 1 aromatic heterocycles. The maximum absolute atomic E-state index is 13.0. The molecule has 82 valence electrons. The Morgan fingerprint density at radius 1 is 1.67 bits per heavy atom. The van der Waals surface area contributed by atoms with Crippen molar-refractivity contribution in [3.63, 3.8) is 0 Å². The van der Waals surface area contributed by atoms with Crippen LogP contribution >= 0.6 is 0 Å². The summed E-state index contributed by atoms with van der Waals surface area (Å²) in [7, 11) is 0. The Bertz CT molecular complexity index is 369. The van der Waals surface area contributed by atoms with Gasteiger partial charge in [0.15, 0.2) is 6.29 Å². The zero-order valence-electron chi connectivity index (χ0n) is 8.00. The number of aliphatic hydroxyl groups is 1. The zero-order chi connectivity index (χ0) is 11.4. The highest BCUT2D eigenvalue weighted by molar-refractivity contribution is 5.83. The monoisotopic (exact) mass is 216 g/mol. The fraction of sp³-hybridized carbons (Fsp3) is 0.333. The summed E-state index contributed by atoms with van der Waals surface area (Å²) in [5.74, 6) is -2.19. The van der Waals surface area contributed by atoms with Gasteiger partial charge in [0, 0.05) is 12.6 Å². The lowest BCUT2D eigenvalue weighted by Crippen LogP contribution is -2.17. The van der Waals surface area contributed by atoms with Crippen molar-refractivity contribution in [1.82, 2.24) is 4.98 Å².